The molecule has 0 aliphatic carbocycles. The average Bonchev–Trinajstić information content (AvgIpc) is 2.46. The highest BCUT2D eigenvalue weighted by molar-refractivity contribution is 6.35. The van der Waals surface area contributed by atoms with Crippen LogP contribution in [0.25, 0.3) is 0 Å². The van der Waals surface area contributed by atoms with Crippen molar-refractivity contribution >= 4 is 34.8 Å². The molecule has 0 aliphatic rings. The van der Waals surface area contributed by atoms with Gasteiger partial charge in [0, 0.05) is 16.3 Å². The Morgan fingerprint density at radius 1 is 1.27 bits per heavy atom. The van der Waals surface area contributed by atoms with Crippen molar-refractivity contribution in [1.29, 1.82) is 0 Å². The van der Waals surface area contributed by atoms with Gasteiger partial charge < -0.3 is 10.1 Å². The molecule has 0 heterocycles. The monoisotopic (exact) mass is 341 g/mol. The van der Waals surface area contributed by atoms with Gasteiger partial charge in [0.2, 0.25) is 0 Å². The quantitative estimate of drug-likeness (QED) is 0.863. The molecule has 0 saturated carbocycles. The van der Waals surface area contributed by atoms with E-state index >= 15 is 0 Å². The van der Waals surface area contributed by atoms with E-state index in [0.717, 1.165) is 0 Å². The zero-order valence-electron chi connectivity index (χ0n) is 12.0. The Balaban J connectivity index is 2.07. The standard InChI is InChI=1S/C16H14Cl2FNO2/c1-9-13(19)4-3-5-14(9)20-16(21)10(2)22-15-7-6-11(17)8-12(15)18/h3-8,10H,1-2H3,(H,20,21). The summed E-state index contributed by atoms with van der Waals surface area (Å²) in [4.78, 5) is 12.1. The Morgan fingerprint density at radius 3 is 2.68 bits per heavy atom. The number of halogens is 3. The predicted octanol–water partition coefficient (Wildman–Crippen LogP) is 4.85. The van der Waals surface area contributed by atoms with Gasteiger partial charge in [-0.1, -0.05) is 29.3 Å². The number of hydrogen-bond acceptors (Lipinski definition) is 2. The van der Waals surface area contributed by atoms with E-state index in [4.69, 9.17) is 27.9 Å². The minimum absolute atomic E-state index is 0.314. The molecule has 2 aromatic rings. The summed E-state index contributed by atoms with van der Waals surface area (Å²) >= 11 is 11.8. The van der Waals surface area contributed by atoms with Gasteiger partial charge in [-0.05, 0) is 44.2 Å². The van der Waals surface area contributed by atoms with Crippen molar-refractivity contribution in [2.24, 2.45) is 0 Å². The molecule has 0 radical (unpaired) electrons. The zero-order valence-corrected chi connectivity index (χ0v) is 13.5. The van der Waals surface area contributed by atoms with Gasteiger partial charge in [0.1, 0.15) is 11.6 Å². The minimum atomic E-state index is -0.804. The largest absolute Gasteiger partial charge is 0.479 e. The molecular weight excluding hydrogens is 328 g/mol. The van der Waals surface area contributed by atoms with E-state index in [1.54, 1.807) is 32.0 Å². The molecule has 116 valence electrons. The van der Waals surface area contributed by atoms with E-state index in [0.29, 0.717) is 27.0 Å². The molecule has 1 atom stereocenters. The second kappa shape index (κ2) is 6.99. The first-order valence-electron chi connectivity index (χ1n) is 6.56. The highest BCUT2D eigenvalue weighted by Gasteiger charge is 2.17. The lowest BCUT2D eigenvalue weighted by Gasteiger charge is -2.16. The average molecular weight is 342 g/mol. The number of benzene rings is 2. The van der Waals surface area contributed by atoms with Crippen LogP contribution >= 0.6 is 23.2 Å². The molecule has 3 nitrogen and oxygen atoms in total. The molecule has 6 heteroatoms. The van der Waals surface area contributed by atoms with Gasteiger partial charge in [-0.25, -0.2) is 4.39 Å². The molecule has 0 aromatic heterocycles. The van der Waals surface area contributed by atoms with E-state index in [-0.39, 0.29) is 5.82 Å². The molecule has 1 N–H and O–H groups in total. The summed E-state index contributed by atoms with van der Waals surface area (Å²) in [5, 5.41) is 3.42. The third-order valence-corrected chi connectivity index (χ3v) is 3.62. The summed E-state index contributed by atoms with van der Waals surface area (Å²) in [6, 6.07) is 9.21. The molecule has 22 heavy (non-hydrogen) atoms. The summed E-state index contributed by atoms with van der Waals surface area (Å²) in [6.45, 7) is 3.17. The van der Waals surface area contributed by atoms with E-state index in [1.165, 1.54) is 18.2 Å². The highest BCUT2D eigenvalue weighted by atomic mass is 35.5. The van der Waals surface area contributed by atoms with Crippen LogP contribution in [0.4, 0.5) is 10.1 Å². The Morgan fingerprint density at radius 2 is 2.00 bits per heavy atom. The number of carbonyl (C=O) groups is 1. The molecule has 1 amide bonds. The highest BCUT2D eigenvalue weighted by Crippen LogP contribution is 2.28. The number of amides is 1. The first-order chi connectivity index (χ1) is 10.4. The normalized spacial score (nSPS) is 11.9. The Hall–Kier alpha value is -1.78. The number of nitrogens with one attached hydrogen (secondary N) is 1. The van der Waals surface area contributed by atoms with E-state index < -0.39 is 12.0 Å². The molecule has 0 bridgehead atoms. The molecule has 0 saturated heterocycles. The maximum atomic E-state index is 13.5. The molecule has 0 fully saturated rings. The number of anilines is 1. The van der Waals surface area contributed by atoms with Crippen molar-refractivity contribution < 1.29 is 13.9 Å². The van der Waals surface area contributed by atoms with E-state index in [2.05, 4.69) is 5.32 Å². The maximum absolute atomic E-state index is 13.5. The molecule has 0 spiro atoms. The SMILES string of the molecule is Cc1c(F)cccc1NC(=O)C(C)Oc1ccc(Cl)cc1Cl. The van der Waals surface area contributed by atoms with Crippen molar-refractivity contribution in [2.75, 3.05) is 5.32 Å². The fourth-order valence-electron chi connectivity index (χ4n) is 1.79. The number of hydrogen-bond donors (Lipinski definition) is 1. The van der Waals surface area contributed by atoms with Crippen molar-refractivity contribution in [2.45, 2.75) is 20.0 Å². The van der Waals surface area contributed by atoms with Crippen molar-refractivity contribution in [3.8, 4) is 5.75 Å². The number of carbonyl (C=O) groups excluding carboxylic acids is 1. The fourth-order valence-corrected chi connectivity index (χ4v) is 2.25. The number of rotatable bonds is 4. The van der Waals surface area contributed by atoms with Crippen LogP contribution in [-0.4, -0.2) is 12.0 Å². The third kappa shape index (κ3) is 3.90. The van der Waals surface area contributed by atoms with Gasteiger partial charge in [-0.15, -0.1) is 0 Å². The Bertz CT molecular complexity index is 707. The first-order valence-corrected chi connectivity index (χ1v) is 7.31. The van der Waals surface area contributed by atoms with Crippen LogP contribution in [0.3, 0.4) is 0 Å². The van der Waals surface area contributed by atoms with Crippen LogP contribution in [-0.2, 0) is 4.79 Å². The van der Waals surface area contributed by atoms with Crippen LogP contribution in [0.15, 0.2) is 36.4 Å². The van der Waals surface area contributed by atoms with Gasteiger partial charge >= 0.3 is 0 Å². The van der Waals surface area contributed by atoms with Gasteiger partial charge in [-0.2, -0.15) is 0 Å². The van der Waals surface area contributed by atoms with Gasteiger partial charge in [0.25, 0.3) is 5.91 Å². The predicted molar refractivity (Wildman–Crippen MR) is 86.3 cm³/mol. The summed E-state index contributed by atoms with van der Waals surface area (Å²) in [7, 11) is 0. The zero-order chi connectivity index (χ0) is 16.3. The lowest BCUT2D eigenvalue weighted by atomic mass is 10.2. The first kappa shape index (κ1) is 16.6. The summed E-state index contributed by atoms with van der Waals surface area (Å²) in [5.74, 6) is -0.434. The van der Waals surface area contributed by atoms with Gasteiger partial charge in [0.05, 0.1) is 5.02 Å². The van der Waals surface area contributed by atoms with Crippen molar-refractivity contribution in [1.82, 2.24) is 0 Å². The fraction of sp³-hybridized carbons (Fsp3) is 0.188. The van der Waals surface area contributed by atoms with Gasteiger partial charge in [0.15, 0.2) is 6.10 Å². The second-order valence-corrected chi connectivity index (χ2v) is 5.58. The van der Waals surface area contributed by atoms with Gasteiger partial charge in [-0.3, -0.25) is 4.79 Å². The topological polar surface area (TPSA) is 38.3 Å². The summed E-state index contributed by atoms with van der Waals surface area (Å²) in [5.41, 5.74) is 0.773. The van der Waals surface area contributed by atoms with E-state index in [1.807, 2.05) is 0 Å². The van der Waals surface area contributed by atoms with Crippen LogP contribution in [0.1, 0.15) is 12.5 Å². The van der Waals surface area contributed by atoms with Crippen molar-refractivity contribution in [3.63, 3.8) is 0 Å². The van der Waals surface area contributed by atoms with Crippen LogP contribution in [0.2, 0.25) is 10.0 Å². The second-order valence-electron chi connectivity index (χ2n) is 4.74. The van der Waals surface area contributed by atoms with Crippen LogP contribution in [0, 0.1) is 12.7 Å². The van der Waals surface area contributed by atoms with Crippen LogP contribution in [0.5, 0.6) is 5.75 Å². The minimum Gasteiger partial charge on any atom is -0.479 e. The maximum Gasteiger partial charge on any atom is 0.265 e. The lowest BCUT2D eigenvalue weighted by molar-refractivity contribution is -0.122. The summed E-state index contributed by atoms with van der Waals surface area (Å²) < 4.78 is 19.0. The molecule has 1 unspecified atom stereocenters. The molecular formula is C16H14Cl2FNO2. The Kier molecular flexibility index (Phi) is 5.27. The lowest BCUT2D eigenvalue weighted by Crippen LogP contribution is -2.30. The third-order valence-electron chi connectivity index (χ3n) is 3.09. The number of ether oxygens (including phenoxy) is 1. The Labute approximate surface area is 138 Å². The summed E-state index contributed by atoms with van der Waals surface area (Å²) in [6.07, 6.45) is -0.804. The smallest absolute Gasteiger partial charge is 0.265 e. The molecule has 0 aliphatic heterocycles. The van der Waals surface area contributed by atoms with E-state index in [9.17, 15) is 9.18 Å². The molecule has 2 aromatic carbocycles. The van der Waals surface area contributed by atoms with Crippen LogP contribution < -0.4 is 10.1 Å². The molecule has 2 rings (SSSR count). The van der Waals surface area contributed by atoms with Crippen molar-refractivity contribution in [3.05, 3.63) is 57.8 Å².